The lowest BCUT2D eigenvalue weighted by atomic mass is 9.97. The summed E-state index contributed by atoms with van der Waals surface area (Å²) < 4.78 is 11.2. The van der Waals surface area contributed by atoms with E-state index in [1.807, 2.05) is 60.7 Å². The van der Waals surface area contributed by atoms with Crippen LogP contribution >= 0.6 is 0 Å². The van der Waals surface area contributed by atoms with Crippen molar-refractivity contribution in [2.45, 2.75) is 18.6 Å². The van der Waals surface area contributed by atoms with Crippen molar-refractivity contribution in [2.75, 3.05) is 26.8 Å². The quantitative estimate of drug-likeness (QED) is 0.761. The highest BCUT2D eigenvalue weighted by Gasteiger charge is 2.39. The fourth-order valence-electron chi connectivity index (χ4n) is 3.07. The molecule has 6 nitrogen and oxygen atoms in total. The van der Waals surface area contributed by atoms with E-state index in [0.717, 1.165) is 11.3 Å². The summed E-state index contributed by atoms with van der Waals surface area (Å²) in [5, 5.41) is 2.89. The topological polar surface area (TPSA) is 67.9 Å². The summed E-state index contributed by atoms with van der Waals surface area (Å²) >= 11 is 0. The van der Waals surface area contributed by atoms with E-state index in [9.17, 15) is 9.59 Å². The summed E-state index contributed by atoms with van der Waals surface area (Å²) in [6.45, 7) is 0.899. The number of hydrogen-bond acceptors (Lipinski definition) is 4. The van der Waals surface area contributed by atoms with Gasteiger partial charge in [0.15, 0.2) is 6.10 Å². The third kappa shape index (κ3) is 4.86. The molecule has 1 aliphatic rings. The zero-order valence-electron chi connectivity index (χ0n) is 15.3. The van der Waals surface area contributed by atoms with Crippen molar-refractivity contribution < 1.29 is 19.1 Å². The number of para-hydroxylation sites is 1. The Morgan fingerprint density at radius 2 is 1.81 bits per heavy atom. The van der Waals surface area contributed by atoms with Gasteiger partial charge < -0.3 is 19.7 Å². The van der Waals surface area contributed by atoms with Gasteiger partial charge in [-0.1, -0.05) is 48.5 Å². The molecule has 3 rings (SSSR count). The van der Waals surface area contributed by atoms with Gasteiger partial charge in [-0.15, -0.1) is 0 Å². The minimum Gasteiger partial charge on any atom is -0.494 e. The van der Waals surface area contributed by atoms with E-state index in [1.165, 1.54) is 0 Å². The van der Waals surface area contributed by atoms with Gasteiger partial charge in [-0.2, -0.15) is 0 Å². The van der Waals surface area contributed by atoms with Gasteiger partial charge in [-0.05, 0) is 24.1 Å². The van der Waals surface area contributed by atoms with Gasteiger partial charge in [-0.3, -0.25) is 9.59 Å². The maximum atomic E-state index is 12.7. The third-order valence-electron chi connectivity index (χ3n) is 4.52. The van der Waals surface area contributed by atoms with Gasteiger partial charge >= 0.3 is 0 Å². The Hall–Kier alpha value is -2.86. The molecule has 1 N–H and O–H groups in total. The summed E-state index contributed by atoms with van der Waals surface area (Å²) in [5.41, 5.74) is 0.876. The maximum Gasteiger partial charge on any atom is 0.251 e. The number of hydrogen-bond donors (Lipinski definition) is 1. The van der Waals surface area contributed by atoms with Crippen LogP contribution in [0.15, 0.2) is 60.7 Å². The predicted molar refractivity (Wildman–Crippen MR) is 101 cm³/mol. The highest BCUT2D eigenvalue weighted by atomic mass is 16.5. The van der Waals surface area contributed by atoms with Gasteiger partial charge in [0.1, 0.15) is 12.4 Å². The zero-order valence-corrected chi connectivity index (χ0v) is 15.3. The number of nitrogens with one attached hydrogen (secondary N) is 1. The second-order valence-electron chi connectivity index (χ2n) is 6.40. The lowest BCUT2D eigenvalue weighted by molar-refractivity contribution is -0.162. The molecule has 27 heavy (non-hydrogen) atoms. The number of amides is 2. The van der Waals surface area contributed by atoms with Crippen LogP contribution in [-0.2, 0) is 14.3 Å². The van der Waals surface area contributed by atoms with Crippen molar-refractivity contribution in [3.8, 4) is 5.75 Å². The number of benzene rings is 2. The van der Waals surface area contributed by atoms with Crippen LogP contribution in [0.1, 0.15) is 18.0 Å². The van der Waals surface area contributed by atoms with Crippen LogP contribution in [-0.4, -0.2) is 49.6 Å². The number of carbonyl (C=O) groups is 2. The van der Waals surface area contributed by atoms with Crippen LogP contribution in [0.2, 0.25) is 0 Å². The van der Waals surface area contributed by atoms with Crippen LogP contribution in [0.25, 0.3) is 0 Å². The van der Waals surface area contributed by atoms with Crippen LogP contribution in [0.4, 0.5) is 0 Å². The fraction of sp³-hybridized carbons (Fsp3) is 0.333. The van der Waals surface area contributed by atoms with Crippen molar-refractivity contribution in [2.24, 2.45) is 0 Å². The molecule has 0 radical (unpaired) electrons. The molecule has 1 heterocycles. The van der Waals surface area contributed by atoms with E-state index in [0.29, 0.717) is 19.6 Å². The van der Waals surface area contributed by atoms with E-state index in [2.05, 4.69) is 5.32 Å². The Labute approximate surface area is 159 Å². The molecule has 0 bridgehead atoms. The van der Waals surface area contributed by atoms with E-state index < -0.39 is 12.1 Å². The Bertz CT molecular complexity index is 751. The Kier molecular flexibility index (Phi) is 6.44. The average molecular weight is 368 g/mol. The molecule has 1 fully saturated rings. The molecule has 2 atom stereocenters. The minimum absolute atomic E-state index is 0.0883. The van der Waals surface area contributed by atoms with Gasteiger partial charge in [-0.25, -0.2) is 0 Å². The number of likely N-dealkylation sites (N-methyl/N-ethyl adjacent to an activating group) is 1. The number of morpholine rings is 1. The Balaban J connectivity index is 1.53. The lowest BCUT2D eigenvalue weighted by Gasteiger charge is -2.38. The first kappa shape index (κ1) is 18.9. The first-order valence-corrected chi connectivity index (χ1v) is 9.04. The monoisotopic (exact) mass is 368 g/mol. The van der Waals surface area contributed by atoms with Crippen molar-refractivity contribution in [1.82, 2.24) is 10.2 Å². The summed E-state index contributed by atoms with van der Waals surface area (Å²) in [6, 6.07) is 18.6. The lowest BCUT2D eigenvalue weighted by Crippen LogP contribution is -2.53. The first-order valence-electron chi connectivity index (χ1n) is 9.04. The van der Waals surface area contributed by atoms with Gasteiger partial charge in [0.05, 0.1) is 12.6 Å². The van der Waals surface area contributed by atoms with Crippen molar-refractivity contribution in [3.05, 3.63) is 66.2 Å². The molecule has 2 amide bonds. The number of carbonyl (C=O) groups excluding carboxylic acids is 2. The maximum absolute atomic E-state index is 12.7. The normalized spacial score (nSPS) is 19.6. The molecule has 0 aliphatic carbocycles. The van der Waals surface area contributed by atoms with E-state index in [4.69, 9.17) is 9.47 Å². The highest BCUT2D eigenvalue weighted by Crippen LogP contribution is 2.29. The van der Waals surface area contributed by atoms with Gasteiger partial charge in [0, 0.05) is 13.6 Å². The molecule has 0 aromatic heterocycles. The fourth-order valence-corrected chi connectivity index (χ4v) is 3.07. The van der Waals surface area contributed by atoms with Crippen molar-refractivity contribution in [1.29, 1.82) is 0 Å². The van der Waals surface area contributed by atoms with Crippen LogP contribution in [0, 0.1) is 0 Å². The molecule has 2 aromatic carbocycles. The standard InChI is InChI=1S/C21H24N2O4/c1-23-18(24)15-27-20(19(23)16-9-4-2-5-10-16)21(25)22-13-8-14-26-17-11-6-3-7-12-17/h2-7,9-12,19-20H,8,13-15H2,1H3,(H,22,25)/t19-,20-/m1/s1. The molecule has 1 saturated heterocycles. The predicted octanol–water partition coefficient (Wildman–Crippen LogP) is 2.17. The van der Waals surface area contributed by atoms with Gasteiger partial charge in [0.2, 0.25) is 5.91 Å². The Morgan fingerprint density at radius 1 is 1.15 bits per heavy atom. The highest BCUT2D eigenvalue weighted by molar-refractivity contribution is 5.86. The van der Waals surface area contributed by atoms with Crippen LogP contribution < -0.4 is 10.1 Å². The van der Waals surface area contributed by atoms with E-state index in [-0.39, 0.29) is 18.4 Å². The zero-order chi connectivity index (χ0) is 19.1. The van der Waals surface area contributed by atoms with E-state index >= 15 is 0 Å². The second-order valence-corrected chi connectivity index (χ2v) is 6.40. The molecule has 0 saturated carbocycles. The summed E-state index contributed by atoms with van der Waals surface area (Å²) in [5.74, 6) is 0.454. The number of ether oxygens (including phenoxy) is 2. The minimum atomic E-state index is -0.731. The van der Waals surface area contributed by atoms with Crippen LogP contribution in [0.5, 0.6) is 5.75 Å². The summed E-state index contributed by atoms with van der Waals surface area (Å²) in [7, 11) is 1.70. The molecule has 1 aliphatic heterocycles. The van der Waals surface area contributed by atoms with Crippen molar-refractivity contribution >= 4 is 11.8 Å². The number of rotatable bonds is 7. The summed E-state index contributed by atoms with van der Waals surface area (Å²) in [4.78, 5) is 26.3. The summed E-state index contributed by atoms with van der Waals surface area (Å²) in [6.07, 6.45) is -0.0527. The average Bonchev–Trinajstić information content (AvgIpc) is 2.71. The Morgan fingerprint density at radius 3 is 2.52 bits per heavy atom. The van der Waals surface area contributed by atoms with Crippen molar-refractivity contribution in [3.63, 3.8) is 0 Å². The largest absolute Gasteiger partial charge is 0.494 e. The molecule has 6 heteroatoms. The molecule has 0 spiro atoms. The number of nitrogens with zero attached hydrogens (tertiary/aromatic N) is 1. The first-order chi connectivity index (χ1) is 13.2. The van der Waals surface area contributed by atoms with Gasteiger partial charge in [0.25, 0.3) is 5.91 Å². The molecular formula is C21H24N2O4. The molecule has 142 valence electrons. The SMILES string of the molecule is CN1C(=O)CO[C@@H](C(=O)NCCCOc2ccccc2)[C@H]1c1ccccc1. The molecule has 2 aromatic rings. The molecule has 0 unspecified atom stereocenters. The van der Waals surface area contributed by atoms with Crippen LogP contribution in [0.3, 0.4) is 0 Å². The third-order valence-corrected chi connectivity index (χ3v) is 4.52. The molecular weight excluding hydrogens is 344 g/mol. The smallest absolute Gasteiger partial charge is 0.251 e. The van der Waals surface area contributed by atoms with E-state index in [1.54, 1.807) is 11.9 Å². The second kappa shape index (κ2) is 9.19.